The van der Waals surface area contributed by atoms with Crippen LogP contribution in [0.5, 0.6) is 0 Å². The maximum absolute atomic E-state index is 11.4. The molecular formula is C18H14N2O2. The largest absolute Gasteiger partial charge is 0.304 e. The Balaban J connectivity index is 2.21. The number of para-hydroxylation sites is 3. The van der Waals surface area contributed by atoms with E-state index in [9.17, 15) is 10.1 Å². The molecule has 1 heterocycles. The molecule has 4 rings (SSSR count). The van der Waals surface area contributed by atoms with E-state index >= 15 is 0 Å². The van der Waals surface area contributed by atoms with Crippen molar-refractivity contribution in [2.75, 3.05) is 0 Å². The average molecular weight is 290 g/mol. The highest BCUT2D eigenvalue weighted by molar-refractivity contribution is 5.85. The van der Waals surface area contributed by atoms with Gasteiger partial charge in [-0.1, -0.05) is 42.5 Å². The second-order valence-electron chi connectivity index (χ2n) is 5.38. The van der Waals surface area contributed by atoms with Crippen molar-refractivity contribution >= 4 is 28.7 Å². The van der Waals surface area contributed by atoms with Gasteiger partial charge in [-0.2, -0.15) is 0 Å². The van der Waals surface area contributed by atoms with Crippen LogP contribution in [0.4, 0.5) is 5.69 Å². The van der Waals surface area contributed by atoms with Crippen molar-refractivity contribution in [1.29, 1.82) is 0 Å². The fourth-order valence-corrected chi connectivity index (χ4v) is 3.22. The molecule has 0 bridgehead atoms. The Morgan fingerprint density at radius 1 is 0.955 bits per heavy atom. The van der Waals surface area contributed by atoms with Crippen LogP contribution in [0.2, 0.25) is 0 Å². The third-order valence-electron chi connectivity index (χ3n) is 4.12. The highest BCUT2D eigenvalue weighted by atomic mass is 16.6. The fraction of sp³-hybridized carbons (Fsp3) is 0.111. The third kappa shape index (κ3) is 1.77. The predicted molar refractivity (Wildman–Crippen MR) is 87.3 cm³/mol. The molecule has 4 heteroatoms. The Kier molecular flexibility index (Phi) is 2.82. The van der Waals surface area contributed by atoms with Crippen molar-refractivity contribution in [2.45, 2.75) is 12.8 Å². The quantitative estimate of drug-likeness (QED) is 0.538. The molecule has 0 saturated heterocycles. The molecule has 0 saturated carbocycles. The minimum Gasteiger partial charge on any atom is -0.304 e. The van der Waals surface area contributed by atoms with Crippen LogP contribution in [0, 0.1) is 10.1 Å². The van der Waals surface area contributed by atoms with Crippen molar-refractivity contribution in [1.82, 2.24) is 4.57 Å². The van der Waals surface area contributed by atoms with Crippen LogP contribution < -0.4 is 10.6 Å². The first-order valence-electron chi connectivity index (χ1n) is 7.31. The van der Waals surface area contributed by atoms with Gasteiger partial charge in [0.15, 0.2) is 0 Å². The molecule has 0 atom stereocenters. The summed E-state index contributed by atoms with van der Waals surface area (Å²) in [5, 5.41) is 14.8. The van der Waals surface area contributed by atoms with Gasteiger partial charge in [0.2, 0.25) is 0 Å². The zero-order chi connectivity index (χ0) is 15.1. The van der Waals surface area contributed by atoms with Crippen molar-refractivity contribution in [2.24, 2.45) is 0 Å². The van der Waals surface area contributed by atoms with Gasteiger partial charge in [0.25, 0.3) is 5.69 Å². The minimum atomic E-state index is -0.316. The van der Waals surface area contributed by atoms with Crippen LogP contribution in [0.3, 0.4) is 0 Å². The van der Waals surface area contributed by atoms with Crippen LogP contribution in [-0.2, 0) is 0 Å². The molecule has 0 fully saturated rings. The van der Waals surface area contributed by atoms with Gasteiger partial charge in [-0.05, 0) is 25.0 Å². The Morgan fingerprint density at radius 2 is 1.68 bits per heavy atom. The number of hydrogen-bond donors (Lipinski definition) is 0. The first-order chi connectivity index (χ1) is 10.8. The van der Waals surface area contributed by atoms with E-state index < -0.39 is 0 Å². The molecule has 0 spiro atoms. The second kappa shape index (κ2) is 4.84. The molecule has 0 radical (unpaired) electrons. The van der Waals surface area contributed by atoms with Gasteiger partial charge in [0.05, 0.1) is 15.8 Å². The summed E-state index contributed by atoms with van der Waals surface area (Å²) in [6, 6.07) is 15.0. The Labute approximate surface area is 126 Å². The van der Waals surface area contributed by atoms with Crippen molar-refractivity contribution in [3.05, 3.63) is 69.2 Å². The zero-order valence-electron chi connectivity index (χ0n) is 11.9. The highest BCUT2D eigenvalue weighted by Gasteiger charge is 2.18. The number of aromatic nitrogens is 1. The zero-order valence-corrected chi connectivity index (χ0v) is 11.9. The lowest BCUT2D eigenvalue weighted by Crippen LogP contribution is -2.30. The molecule has 22 heavy (non-hydrogen) atoms. The molecule has 1 aliphatic rings. The van der Waals surface area contributed by atoms with E-state index in [0.717, 1.165) is 29.1 Å². The van der Waals surface area contributed by atoms with Gasteiger partial charge in [-0.3, -0.25) is 10.1 Å². The van der Waals surface area contributed by atoms with Crippen LogP contribution in [-0.4, -0.2) is 9.49 Å². The molecule has 3 aromatic rings. The number of hydrogen-bond acceptors (Lipinski definition) is 2. The van der Waals surface area contributed by atoms with E-state index in [-0.39, 0.29) is 10.6 Å². The smallest absolute Gasteiger partial charge is 0.293 e. The van der Waals surface area contributed by atoms with E-state index in [1.165, 1.54) is 5.22 Å². The summed E-state index contributed by atoms with van der Waals surface area (Å²) in [4.78, 5) is 11.1. The SMILES string of the molecule is O=[N+]([O-])c1ccccc1-n1c2c(c3ccccc31)=CCCC=2. The summed E-state index contributed by atoms with van der Waals surface area (Å²) >= 11 is 0. The Bertz CT molecular complexity index is 1020. The normalized spacial score (nSPS) is 13.3. The van der Waals surface area contributed by atoms with Crippen molar-refractivity contribution in [3.63, 3.8) is 0 Å². The van der Waals surface area contributed by atoms with Gasteiger partial charge in [-0.25, -0.2) is 0 Å². The Morgan fingerprint density at radius 3 is 2.55 bits per heavy atom. The molecule has 108 valence electrons. The number of rotatable bonds is 2. The van der Waals surface area contributed by atoms with Crippen LogP contribution in [0.15, 0.2) is 48.5 Å². The number of nitro benzene ring substituents is 1. The standard InChI is InChI=1S/C18H14N2O2/c21-20(22)18-12-6-5-11-17(18)19-15-9-3-1-7-13(15)14-8-2-4-10-16(14)19/h1,3,5-12H,2,4H2. The molecule has 1 aliphatic carbocycles. The van der Waals surface area contributed by atoms with Gasteiger partial charge in [0.1, 0.15) is 5.69 Å². The van der Waals surface area contributed by atoms with E-state index in [2.05, 4.69) is 18.2 Å². The monoisotopic (exact) mass is 290 g/mol. The minimum absolute atomic E-state index is 0.130. The molecular weight excluding hydrogens is 276 g/mol. The lowest BCUT2D eigenvalue weighted by atomic mass is 10.1. The molecule has 4 nitrogen and oxygen atoms in total. The maximum atomic E-state index is 11.4. The predicted octanol–water partition coefficient (Wildman–Crippen LogP) is 2.89. The molecule has 0 N–H and O–H groups in total. The van der Waals surface area contributed by atoms with Crippen LogP contribution in [0.25, 0.3) is 28.7 Å². The van der Waals surface area contributed by atoms with E-state index in [1.807, 2.05) is 34.9 Å². The van der Waals surface area contributed by atoms with Crippen LogP contribution >= 0.6 is 0 Å². The molecule has 1 aromatic heterocycles. The fourth-order valence-electron chi connectivity index (χ4n) is 3.22. The summed E-state index contributed by atoms with van der Waals surface area (Å²) in [6.45, 7) is 0. The summed E-state index contributed by atoms with van der Waals surface area (Å²) in [7, 11) is 0. The first-order valence-corrected chi connectivity index (χ1v) is 7.31. The third-order valence-corrected chi connectivity index (χ3v) is 4.12. The highest BCUT2D eigenvalue weighted by Crippen LogP contribution is 2.24. The van der Waals surface area contributed by atoms with Gasteiger partial charge < -0.3 is 4.57 Å². The first kappa shape index (κ1) is 12.8. The molecule has 0 aliphatic heterocycles. The lowest BCUT2D eigenvalue weighted by molar-refractivity contribution is -0.384. The summed E-state index contributed by atoms with van der Waals surface area (Å²) in [5.74, 6) is 0. The van der Waals surface area contributed by atoms with Gasteiger partial charge >= 0.3 is 0 Å². The Hall–Kier alpha value is -2.88. The van der Waals surface area contributed by atoms with Gasteiger partial charge in [0, 0.05) is 16.7 Å². The number of benzene rings is 2. The number of nitrogens with zero attached hydrogens (tertiary/aromatic N) is 2. The number of fused-ring (bicyclic) bond motifs is 3. The van der Waals surface area contributed by atoms with Crippen molar-refractivity contribution < 1.29 is 4.92 Å². The van der Waals surface area contributed by atoms with Crippen LogP contribution in [0.1, 0.15) is 12.8 Å². The maximum Gasteiger partial charge on any atom is 0.293 e. The molecule has 0 unspecified atom stereocenters. The van der Waals surface area contributed by atoms with Gasteiger partial charge in [-0.15, -0.1) is 0 Å². The average Bonchev–Trinajstić information content (AvgIpc) is 2.89. The summed E-state index contributed by atoms with van der Waals surface area (Å²) in [5.41, 5.74) is 1.76. The second-order valence-corrected chi connectivity index (χ2v) is 5.38. The van der Waals surface area contributed by atoms with E-state index in [0.29, 0.717) is 5.69 Å². The number of nitro groups is 1. The van der Waals surface area contributed by atoms with E-state index in [1.54, 1.807) is 12.1 Å². The van der Waals surface area contributed by atoms with Crippen molar-refractivity contribution in [3.8, 4) is 5.69 Å². The summed E-state index contributed by atoms with van der Waals surface area (Å²) in [6.07, 6.45) is 6.37. The summed E-state index contributed by atoms with van der Waals surface area (Å²) < 4.78 is 2.01. The molecule has 0 amide bonds. The lowest BCUT2D eigenvalue weighted by Gasteiger charge is -2.08. The van der Waals surface area contributed by atoms with E-state index in [4.69, 9.17) is 0 Å². The topological polar surface area (TPSA) is 48.1 Å². The molecule has 2 aromatic carbocycles.